The summed E-state index contributed by atoms with van der Waals surface area (Å²) in [7, 11) is 0. The van der Waals surface area contributed by atoms with Gasteiger partial charge in [-0.15, -0.1) is 0 Å². The molecule has 0 saturated carbocycles. The Bertz CT molecular complexity index is 1330. The van der Waals surface area contributed by atoms with Crippen LogP contribution in [-0.2, 0) is 6.18 Å². The number of aromatic nitrogens is 4. The van der Waals surface area contributed by atoms with Crippen LogP contribution in [0.25, 0.3) is 22.0 Å². The van der Waals surface area contributed by atoms with Gasteiger partial charge in [0, 0.05) is 40.3 Å². The fourth-order valence-corrected chi connectivity index (χ4v) is 3.44. The normalized spacial score (nSPS) is 12.7. The van der Waals surface area contributed by atoms with E-state index in [1.807, 2.05) is 25.1 Å². The number of ketones is 1. The Morgan fingerprint density at radius 3 is 2.40 bits per heavy atom. The van der Waals surface area contributed by atoms with E-state index in [-0.39, 0.29) is 16.8 Å². The lowest BCUT2D eigenvalue weighted by Crippen LogP contribution is -2.13. The highest BCUT2D eigenvalue weighted by atomic mass is 19.4. The molecule has 0 amide bonds. The summed E-state index contributed by atoms with van der Waals surface area (Å²) < 4.78 is 39.0. The predicted molar refractivity (Wildman–Crippen MR) is 103 cm³/mol. The monoisotopic (exact) mass is 407 g/mol. The van der Waals surface area contributed by atoms with Crippen LogP contribution in [0.1, 0.15) is 27.6 Å². The summed E-state index contributed by atoms with van der Waals surface area (Å²) in [6.45, 7) is 1.88. The average Bonchev–Trinajstić information content (AvgIpc) is 3.01. The molecule has 0 atom stereocenters. The minimum Gasteiger partial charge on any atom is -0.354 e. The van der Waals surface area contributed by atoms with E-state index in [1.165, 1.54) is 6.20 Å². The first-order chi connectivity index (χ1) is 14.3. The molecule has 4 aromatic rings. The average molecular weight is 407 g/mol. The molecule has 0 unspecified atom stereocenters. The molecule has 1 aliphatic rings. The third-order valence-corrected chi connectivity index (χ3v) is 4.84. The minimum absolute atomic E-state index is 0.209. The van der Waals surface area contributed by atoms with Gasteiger partial charge in [0.25, 0.3) is 0 Å². The van der Waals surface area contributed by atoms with E-state index in [4.69, 9.17) is 0 Å². The molecule has 9 heteroatoms. The summed E-state index contributed by atoms with van der Waals surface area (Å²) in [5.41, 5.74) is 3.68. The van der Waals surface area contributed by atoms with Gasteiger partial charge < -0.3 is 5.32 Å². The molecule has 3 aromatic heterocycles. The summed E-state index contributed by atoms with van der Waals surface area (Å²) in [4.78, 5) is 28.1. The van der Waals surface area contributed by atoms with Gasteiger partial charge in [-0.3, -0.25) is 14.8 Å². The molecule has 1 aliphatic carbocycles. The Kier molecular flexibility index (Phi) is 3.82. The van der Waals surface area contributed by atoms with Crippen LogP contribution in [0.2, 0.25) is 0 Å². The van der Waals surface area contributed by atoms with Crippen molar-refractivity contribution >= 4 is 28.1 Å². The van der Waals surface area contributed by atoms with E-state index in [0.717, 1.165) is 23.3 Å². The highest BCUT2D eigenvalue weighted by molar-refractivity contribution is 6.24. The molecule has 148 valence electrons. The van der Waals surface area contributed by atoms with Crippen LogP contribution in [0.5, 0.6) is 0 Å². The molecular weight excluding hydrogens is 395 g/mol. The maximum Gasteiger partial charge on any atom is 0.451 e. The molecule has 5 rings (SSSR count). The van der Waals surface area contributed by atoms with Gasteiger partial charge >= 0.3 is 6.18 Å². The molecule has 1 aromatic carbocycles. The summed E-state index contributed by atoms with van der Waals surface area (Å²) in [6, 6.07) is 9.13. The van der Waals surface area contributed by atoms with Gasteiger partial charge in [-0.25, -0.2) is 9.97 Å². The maximum atomic E-state index is 13.0. The van der Waals surface area contributed by atoms with Crippen LogP contribution in [0.3, 0.4) is 0 Å². The van der Waals surface area contributed by atoms with E-state index in [1.54, 1.807) is 18.3 Å². The van der Waals surface area contributed by atoms with Crippen LogP contribution in [0.15, 0.2) is 48.9 Å². The van der Waals surface area contributed by atoms with Gasteiger partial charge in [0.1, 0.15) is 5.69 Å². The number of nitrogens with one attached hydrogen (secondary N) is 1. The topological polar surface area (TPSA) is 80.7 Å². The Morgan fingerprint density at radius 2 is 1.67 bits per heavy atom. The Balaban J connectivity index is 1.65. The van der Waals surface area contributed by atoms with Gasteiger partial charge in [-0.2, -0.15) is 13.2 Å². The predicted octanol–water partition coefficient (Wildman–Crippen LogP) is 4.70. The molecule has 0 aliphatic heterocycles. The largest absolute Gasteiger partial charge is 0.451 e. The standard InChI is InChI=1S/C21H12F3N5O/c1-10-2-3-12(7-25-10)28-11-4-5-16-13(6-11)17-14-8-27-20(21(22,23)24)29-18(14)19(30)15(17)9-26-16/h2-9,28H,1H3. The van der Waals surface area contributed by atoms with Crippen LogP contribution in [-0.4, -0.2) is 25.7 Å². The smallest absolute Gasteiger partial charge is 0.354 e. The Morgan fingerprint density at radius 1 is 0.900 bits per heavy atom. The highest BCUT2D eigenvalue weighted by Gasteiger charge is 2.38. The first-order valence-electron chi connectivity index (χ1n) is 8.93. The number of rotatable bonds is 2. The van der Waals surface area contributed by atoms with Crippen molar-refractivity contribution in [2.75, 3.05) is 5.32 Å². The van der Waals surface area contributed by atoms with Crippen LogP contribution in [0.4, 0.5) is 24.5 Å². The van der Waals surface area contributed by atoms with E-state index < -0.39 is 17.8 Å². The number of carbonyl (C=O) groups excluding carboxylic acids is 1. The van der Waals surface area contributed by atoms with Crippen molar-refractivity contribution in [1.82, 2.24) is 19.9 Å². The minimum atomic E-state index is -4.73. The number of hydrogen-bond donors (Lipinski definition) is 1. The second-order valence-electron chi connectivity index (χ2n) is 6.87. The molecule has 0 fully saturated rings. The van der Waals surface area contributed by atoms with Gasteiger partial charge in [-0.05, 0) is 37.3 Å². The number of alkyl halides is 3. The van der Waals surface area contributed by atoms with Crippen molar-refractivity contribution in [1.29, 1.82) is 0 Å². The third-order valence-electron chi connectivity index (χ3n) is 4.84. The van der Waals surface area contributed by atoms with E-state index in [9.17, 15) is 18.0 Å². The van der Waals surface area contributed by atoms with E-state index in [2.05, 4.69) is 25.3 Å². The van der Waals surface area contributed by atoms with Gasteiger partial charge in [0.15, 0.2) is 0 Å². The molecule has 1 N–H and O–H groups in total. The summed E-state index contributed by atoms with van der Waals surface area (Å²) >= 11 is 0. The zero-order chi connectivity index (χ0) is 21.0. The van der Waals surface area contributed by atoms with Crippen LogP contribution in [0, 0.1) is 6.92 Å². The fraction of sp³-hybridized carbons (Fsp3) is 0.0952. The number of fused-ring (bicyclic) bond motifs is 5. The first-order valence-corrected chi connectivity index (χ1v) is 8.93. The van der Waals surface area contributed by atoms with Crippen LogP contribution >= 0.6 is 0 Å². The lowest BCUT2D eigenvalue weighted by molar-refractivity contribution is -0.145. The number of carbonyl (C=O) groups is 1. The molecular formula is C21H12F3N5O. The molecule has 3 heterocycles. The second kappa shape index (κ2) is 6.31. The molecule has 0 saturated heterocycles. The number of anilines is 2. The number of pyridine rings is 2. The third kappa shape index (κ3) is 2.86. The van der Waals surface area contributed by atoms with Gasteiger partial charge in [-0.1, -0.05) is 0 Å². The van der Waals surface area contributed by atoms with Crippen molar-refractivity contribution in [2.45, 2.75) is 13.1 Å². The first kappa shape index (κ1) is 18.2. The molecule has 0 spiro atoms. The van der Waals surface area contributed by atoms with Crippen molar-refractivity contribution in [3.05, 3.63) is 71.7 Å². The number of nitrogens with zero attached hydrogens (tertiary/aromatic N) is 4. The summed E-state index contributed by atoms with van der Waals surface area (Å²) in [5.74, 6) is -1.93. The summed E-state index contributed by atoms with van der Waals surface area (Å²) in [5, 5.41) is 3.84. The van der Waals surface area contributed by atoms with Crippen LogP contribution < -0.4 is 5.32 Å². The number of benzene rings is 1. The lowest BCUT2D eigenvalue weighted by Gasteiger charge is -2.10. The molecule has 30 heavy (non-hydrogen) atoms. The molecule has 0 bridgehead atoms. The zero-order valence-electron chi connectivity index (χ0n) is 15.4. The fourth-order valence-electron chi connectivity index (χ4n) is 3.44. The van der Waals surface area contributed by atoms with Crippen molar-refractivity contribution < 1.29 is 18.0 Å². The number of aryl methyl sites for hydroxylation is 1. The quantitative estimate of drug-likeness (QED) is 0.457. The van der Waals surface area contributed by atoms with Crippen molar-refractivity contribution in [3.63, 3.8) is 0 Å². The van der Waals surface area contributed by atoms with E-state index >= 15 is 0 Å². The van der Waals surface area contributed by atoms with Crippen molar-refractivity contribution in [3.8, 4) is 11.1 Å². The molecule has 6 nitrogen and oxygen atoms in total. The lowest BCUT2D eigenvalue weighted by atomic mass is 10.0. The van der Waals surface area contributed by atoms with E-state index in [0.29, 0.717) is 16.5 Å². The molecule has 0 radical (unpaired) electrons. The zero-order valence-corrected chi connectivity index (χ0v) is 15.4. The number of halogens is 3. The highest BCUT2D eigenvalue weighted by Crippen LogP contribution is 2.41. The Labute approximate surface area is 167 Å². The van der Waals surface area contributed by atoms with Crippen molar-refractivity contribution in [2.24, 2.45) is 0 Å². The SMILES string of the molecule is Cc1ccc(Nc2ccc3ncc4c(c3c2)-c2cnc(C(F)(F)F)nc2C4=O)cn1. The van der Waals surface area contributed by atoms with Gasteiger partial charge in [0.2, 0.25) is 11.6 Å². The number of hydrogen-bond acceptors (Lipinski definition) is 6. The maximum absolute atomic E-state index is 13.0. The van der Waals surface area contributed by atoms with Gasteiger partial charge in [0.05, 0.1) is 23.0 Å². The Hall–Kier alpha value is -3.88. The second-order valence-corrected chi connectivity index (χ2v) is 6.87. The summed E-state index contributed by atoms with van der Waals surface area (Å²) in [6.07, 6.45) is -0.619.